The van der Waals surface area contributed by atoms with Crippen molar-refractivity contribution in [3.05, 3.63) is 46.4 Å². The zero-order chi connectivity index (χ0) is 12.8. The van der Waals surface area contributed by atoms with Crippen LogP contribution in [-0.4, -0.2) is 16.4 Å². The van der Waals surface area contributed by atoms with Crippen LogP contribution in [0.3, 0.4) is 0 Å². The van der Waals surface area contributed by atoms with E-state index in [2.05, 4.69) is 26.2 Å². The van der Waals surface area contributed by atoms with Gasteiger partial charge in [0, 0.05) is 11.6 Å². The van der Waals surface area contributed by atoms with Gasteiger partial charge in [0.1, 0.15) is 16.3 Å². The van der Waals surface area contributed by atoms with Crippen molar-refractivity contribution in [3.63, 3.8) is 0 Å². The number of ether oxygens (including phenoxy) is 1. The number of halogens is 1. The maximum atomic E-state index is 12.0. The first-order chi connectivity index (χ1) is 8.81. The monoisotopic (exact) mass is 326 g/mol. The molecule has 6 heteroatoms. The fourth-order valence-corrected chi connectivity index (χ4v) is 2.23. The quantitative estimate of drug-likeness (QED) is 0.859. The summed E-state index contributed by atoms with van der Waals surface area (Å²) in [5, 5.41) is 5.57. The average Bonchev–Trinajstić information content (AvgIpc) is 2.90. The molecule has 0 radical (unpaired) electrons. The van der Waals surface area contributed by atoms with Crippen LogP contribution in [0.25, 0.3) is 0 Å². The molecule has 1 amide bonds. The van der Waals surface area contributed by atoms with Crippen LogP contribution in [0.2, 0.25) is 0 Å². The van der Waals surface area contributed by atoms with E-state index in [0.29, 0.717) is 23.4 Å². The minimum atomic E-state index is -0.165. The number of rotatable bonds is 5. The Kier molecular flexibility index (Phi) is 4.72. The van der Waals surface area contributed by atoms with E-state index in [9.17, 15) is 4.79 Å². The maximum Gasteiger partial charge on any atom is 0.255 e. The van der Waals surface area contributed by atoms with Crippen LogP contribution in [0.1, 0.15) is 15.4 Å². The smallest absolute Gasteiger partial charge is 0.255 e. The SMILES string of the molecule is O=C(NCc1nccs1)c1ccccc1OCBr. The highest BCUT2D eigenvalue weighted by atomic mass is 79.9. The van der Waals surface area contributed by atoms with Crippen molar-refractivity contribution in [1.29, 1.82) is 0 Å². The summed E-state index contributed by atoms with van der Waals surface area (Å²) in [6.45, 7) is 0.430. The number of thiazole rings is 1. The number of carbonyl (C=O) groups excluding carboxylic acids is 1. The molecule has 1 aromatic carbocycles. The largest absolute Gasteiger partial charge is 0.482 e. The van der Waals surface area contributed by atoms with Gasteiger partial charge in [-0.25, -0.2) is 4.98 Å². The second-order valence-corrected chi connectivity index (χ2v) is 4.80. The van der Waals surface area contributed by atoms with Crippen molar-refractivity contribution in [1.82, 2.24) is 10.3 Å². The Hall–Kier alpha value is -1.40. The number of alkyl halides is 1. The van der Waals surface area contributed by atoms with Crippen molar-refractivity contribution in [2.75, 3.05) is 5.52 Å². The fourth-order valence-electron chi connectivity index (χ4n) is 1.43. The molecule has 94 valence electrons. The van der Waals surface area contributed by atoms with E-state index in [4.69, 9.17) is 4.74 Å². The Bertz CT molecular complexity index is 517. The van der Waals surface area contributed by atoms with Gasteiger partial charge < -0.3 is 10.1 Å². The number of hydrogen-bond donors (Lipinski definition) is 1. The molecule has 1 N–H and O–H groups in total. The van der Waals surface area contributed by atoms with Crippen LogP contribution in [0, 0.1) is 0 Å². The Morgan fingerprint density at radius 1 is 1.44 bits per heavy atom. The van der Waals surface area contributed by atoms with Gasteiger partial charge in [-0.05, 0) is 28.1 Å². The molecule has 2 rings (SSSR count). The van der Waals surface area contributed by atoms with Crippen molar-refractivity contribution >= 4 is 33.2 Å². The number of aromatic nitrogens is 1. The van der Waals surface area contributed by atoms with Crippen molar-refractivity contribution in [3.8, 4) is 5.75 Å². The second-order valence-electron chi connectivity index (χ2n) is 3.36. The molecule has 0 saturated heterocycles. The maximum absolute atomic E-state index is 12.0. The molecule has 0 fully saturated rings. The number of hydrogen-bond acceptors (Lipinski definition) is 4. The number of nitrogens with zero attached hydrogens (tertiary/aromatic N) is 1. The molecular formula is C12H11BrN2O2S. The Labute approximate surface area is 117 Å². The van der Waals surface area contributed by atoms with Gasteiger partial charge in [-0.1, -0.05) is 12.1 Å². The number of carbonyl (C=O) groups is 1. The molecule has 0 unspecified atom stereocenters. The normalized spacial score (nSPS) is 10.1. The molecule has 0 bridgehead atoms. The third-order valence-corrected chi connectivity index (χ3v) is 3.23. The Morgan fingerprint density at radius 2 is 2.28 bits per heavy atom. The average molecular weight is 327 g/mol. The first-order valence-electron chi connectivity index (χ1n) is 5.25. The van der Waals surface area contributed by atoms with E-state index >= 15 is 0 Å². The van der Waals surface area contributed by atoms with E-state index in [1.54, 1.807) is 24.4 Å². The van der Waals surface area contributed by atoms with Crippen LogP contribution in [-0.2, 0) is 6.54 Å². The van der Waals surface area contributed by atoms with E-state index < -0.39 is 0 Å². The van der Waals surface area contributed by atoms with Gasteiger partial charge in [0.2, 0.25) is 0 Å². The van der Waals surface area contributed by atoms with E-state index in [-0.39, 0.29) is 5.91 Å². The third-order valence-electron chi connectivity index (χ3n) is 2.23. The fraction of sp³-hybridized carbons (Fsp3) is 0.167. The van der Waals surface area contributed by atoms with Crippen LogP contribution in [0.5, 0.6) is 5.75 Å². The summed E-state index contributed by atoms with van der Waals surface area (Å²) in [6.07, 6.45) is 1.72. The molecule has 0 atom stereocenters. The highest BCUT2D eigenvalue weighted by Gasteiger charge is 2.11. The molecular weight excluding hydrogens is 316 g/mol. The topological polar surface area (TPSA) is 51.2 Å². The summed E-state index contributed by atoms with van der Waals surface area (Å²) in [4.78, 5) is 16.1. The second kappa shape index (κ2) is 6.51. The first-order valence-corrected chi connectivity index (χ1v) is 7.25. The first kappa shape index (κ1) is 13.0. The lowest BCUT2D eigenvalue weighted by Gasteiger charge is -2.09. The van der Waals surface area contributed by atoms with Gasteiger partial charge in [-0.3, -0.25) is 4.79 Å². The highest BCUT2D eigenvalue weighted by molar-refractivity contribution is 9.09. The molecule has 0 aliphatic carbocycles. The molecule has 0 aliphatic heterocycles. The molecule has 1 aromatic heterocycles. The van der Waals surface area contributed by atoms with Crippen LogP contribution < -0.4 is 10.1 Å². The summed E-state index contributed by atoms with van der Waals surface area (Å²) < 4.78 is 5.34. The zero-order valence-corrected chi connectivity index (χ0v) is 11.8. The minimum Gasteiger partial charge on any atom is -0.482 e. The van der Waals surface area contributed by atoms with Gasteiger partial charge in [0.05, 0.1) is 12.1 Å². The molecule has 0 aliphatic rings. The summed E-state index contributed by atoms with van der Waals surface area (Å²) in [6, 6.07) is 7.13. The van der Waals surface area contributed by atoms with Crippen LogP contribution >= 0.6 is 27.3 Å². The van der Waals surface area contributed by atoms with Crippen molar-refractivity contribution in [2.24, 2.45) is 0 Å². The minimum absolute atomic E-state index is 0.165. The van der Waals surface area contributed by atoms with Crippen molar-refractivity contribution < 1.29 is 9.53 Å². The number of amides is 1. The molecule has 2 aromatic rings. The Morgan fingerprint density at radius 3 is 3.00 bits per heavy atom. The van der Waals surface area contributed by atoms with Crippen LogP contribution in [0.15, 0.2) is 35.8 Å². The van der Waals surface area contributed by atoms with E-state index in [1.807, 2.05) is 11.4 Å². The summed E-state index contributed by atoms with van der Waals surface area (Å²) in [7, 11) is 0. The van der Waals surface area contributed by atoms with Gasteiger partial charge in [-0.15, -0.1) is 11.3 Å². The van der Waals surface area contributed by atoms with Crippen molar-refractivity contribution in [2.45, 2.75) is 6.54 Å². The highest BCUT2D eigenvalue weighted by Crippen LogP contribution is 2.18. The molecule has 1 heterocycles. The van der Waals surface area contributed by atoms with E-state index in [1.165, 1.54) is 11.3 Å². The zero-order valence-electron chi connectivity index (χ0n) is 9.43. The Balaban J connectivity index is 2.04. The summed E-state index contributed by atoms with van der Waals surface area (Å²) in [5.41, 5.74) is 0.873. The predicted molar refractivity (Wildman–Crippen MR) is 74.1 cm³/mol. The third kappa shape index (κ3) is 3.30. The molecule has 0 saturated carbocycles. The lowest BCUT2D eigenvalue weighted by atomic mass is 10.2. The lowest BCUT2D eigenvalue weighted by Crippen LogP contribution is -2.23. The number of nitrogens with one attached hydrogen (secondary N) is 1. The van der Waals surface area contributed by atoms with E-state index in [0.717, 1.165) is 5.01 Å². The van der Waals surface area contributed by atoms with Gasteiger partial charge in [0.25, 0.3) is 5.91 Å². The van der Waals surface area contributed by atoms with Gasteiger partial charge >= 0.3 is 0 Å². The predicted octanol–water partition coefficient (Wildman–Crippen LogP) is 2.80. The standard InChI is InChI=1S/C12H11BrN2O2S/c13-8-17-10-4-2-1-3-9(10)12(16)15-7-11-14-5-6-18-11/h1-6H,7-8H2,(H,15,16). The summed E-state index contributed by atoms with van der Waals surface area (Å²) >= 11 is 4.69. The van der Waals surface area contributed by atoms with Gasteiger partial charge in [0.15, 0.2) is 0 Å². The van der Waals surface area contributed by atoms with Crippen LogP contribution in [0.4, 0.5) is 0 Å². The number of para-hydroxylation sites is 1. The molecule has 18 heavy (non-hydrogen) atoms. The summed E-state index contributed by atoms with van der Waals surface area (Å²) in [5.74, 6) is 0.396. The lowest BCUT2D eigenvalue weighted by molar-refractivity contribution is 0.0947. The number of benzene rings is 1. The molecule has 4 nitrogen and oxygen atoms in total. The molecule has 0 spiro atoms. The van der Waals surface area contributed by atoms with Gasteiger partial charge in [-0.2, -0.15) is 0 Å².